The zero-order valence-electron chi connectivity index (χ0n) is 7.63. The molecule has 1 aromatic rings. The predicted octanol–water partition coefficient (Wildman–Crippen LogP) is 2.30. The van der Waals surface area contributed by atoms with Gasteiger partial charge in [-0.2, -0.15) is 5.10 Å². The van der Waals surface area contributed by atoms with E-state index in [0.29, 0.717) is 0 Å². The summed E-state index contributed by atoms with van der Waals surface area (Å²) in [5.41, 5.74) is 0. The molecule has 0 aliphatic rings. The van der Waals surface area contributed by atoms with Crippen molar-refractivity contribution in [2.75, 3.05) is 0 Å². The molecule has 0 fully saturated rings. The highest BCUT2D eigenvalue weighted by atomic mass is 32.1. The second-order valence-corrected chi connectivity index (χ2v) is 3.23. The lowest BCUT2D eigenvalue weighted by atomic mass is 10.3. The van der Waals surface area contributed by atoms with E-state index in [4.69, 9.17) is 12.2 Å². The highest BCUT2D eigenvalue weighted by Gasteiger charge is 2.02. The normalized spacial score (nSPS) is 10.5. The molecule has 0 bridgehead atoms. The Morgan fingerprint density at radius 3 is 2.75 bits per heavy atom. The smallest absolute Gasteiger partial charge is 0.195 e. The van der Waals surface area contributed by atoms with Gasteiger partial charge >= 0.3 is 0 Å². The van der Waals surface area contributed by atoms with Crippen molar-refractivity contribution in [3.05, 3.63) is 10.6 Å². The first-order valence-corrected chi connectivity index (χ1v) is 4.84. The van der Waals surface area contributed by atoms with Gasteiger partial charge in [0.1, 0.15) is 5.82 Å². The number of aromatic amines is 1. The molecule has 1 rings (SSSR count). The Balaban J connectivity index is 2.87. The van der Waals surface area contributed by atoms with Crippen molar-refractivity contribution in [2.45, 2.75) is 39.7 Å². The number of hydrogen-bond donors (Lipinski definition) is 1. The van der Waals surface area contributed by atoms with Gasteiger partial charge in [-0.1, -0.05) is 13.8 Å². The van der Waals surface area contributed by atoms with Gasteiger partial charge < -0.3 is 4.57 Å². The summed E-state index contributed by atoms with van der Waals surface area (Å²) in [6.07, 6.45) is 3.22. The number of aromatic nitrogens is 3. The van der Waals surface area contributed by atoms with Gasteiger partial charge in [-0.3, -0.25) is 5.10 Å². The summed E-state index contributed by atoms with van der Waals surface area (Å²) in [5, 5.41) is 6.99. The molecule has 0 atom stereocenters. The van der Waals surface area contributed by atoms with Crippen molar-refractivity contribution in [3.63, 3.8) is 0 Å². The average Bonchev–Trinajstić information content (AvgIpc) is 2.37. The monoisotopic (exact) mass is 185 g/mol. The van der Waals surface area contributed by atoms with Crippen molar-refractivity contribution in [3.8, 4) is 0 Å². The van der Waals surface area contributed by atoms with E-state index >= 15 is 0 Å². The van der Waals surface area contributed by atoms with E-state index < -0.39 is 0 Å². The molecule has 0 saturated heterocycles. The van der Waals surface area contributed by atoms with Crippen LogP contribution in [-0.2, 0) is 13.0 Å². The number of nitrogens with zero attached hydrogens (tertiary/aromatic N) is 2. The molecule has 3 nitrogen and oxygen atoms in total. The molecule has 0 unspecified atom stereocenters. The lowest BCUT2D eigenvalue weighted by molar-refractivity contribution is 0.624. The first kappa shape index (κ1) is 9.45. The van der Waals surface area contributed by atoms with Crippen LogP contribution in [0.25, 0.3) is 0 Å². The van der Waals surface area contributed by atoms with Gasteiger partial charge in [-0.25, -0.2) is 0 Å². The van der Waals surface area contributed by atoms with E-state index in [-0.39, 0.29) is 0 Å². The van der Waals surface area contributed by atoms with Gasteiger partial charge in [0.05, 0.1) is 0 Å². The first-order chi connectivity index (χ1) is 5.79. The van der Waals surface area contributed by atoms with E-state index in [0.717, 1.165) is 36.4 Å². The highest BCUT2D eigenvalue weighted by molar-refractivity contribution is 7.71. The third kappa shape index (κ3) is 1.94. The van der Waals surface area contributed by atoms with Crippen LogP contribution in [0, 0.1) is 4.77 Å². The van der Waals surface area contributed by atoms with Crippen LogP contribution < -0.4 is 0 Å². The van der Waals surface area contributed by atoms with Crippen molar-refractivity contribution in [1.82, 2.24) is 14.8 Å². The predicted molar refractivity (Wildman–Crippen MR) is 51.7 cm³/mol. The fourth-order valence-electron chi connectivity index (χ4n) is 1.22. The van der Waals surface area contributed by atoms with Crippen LogP contribution in [0.2, 0.25) is 0 Å². The Kier molecular flexibility index (Phi) is 3.47. The first-order valence-electron chi connectivity index (χ1n) is 4.43. The van der Waals surface area contributed by atoms with Crippen molar-refractivity contribution in [1.29, 1.82) is 0 Å². The zero-order valence-corrected chi connectivity index (χ0v) is 8.45. The molecule has 68 valence electrons. The molecule has 12 heavy (non-hydrogen) atoms. The SMILES string of the molecule is CCCc1n[nH]c(=S)n1CCC. The van der Waals surface area contributed by atoms with Gasteiger partial charge in [0.15, 0.2) is 4.77 Å². The minimum Gasteiger partial charge on any atom is -0.304 e. The van der Waals surface area contributed by atoms with Gasteiger partial charge in [0, 0.05) is 13.0 Å². The molecule has 0 aliphatic heterocycles. The van der Waals surface area contributed by atoms with Crippen LogP contribution in [0.1, 0.15) is 32.5 Å². The molecule has 4 heteroatoms. The molecule has 0 saturated carbocycles. The van der Waals surface area contributed by atoms with Crippen LogP contribution in [-0.4, -0.2) is 14.8 Å². The molecule has 1 heterocycles. The molecule has 1 aromatic heterocycles. The number of rotatable bonds is 4. The van der Waals surface area contributed by atoms with Gasteiger partial charge in [-0.15, -0.1) is 0 Å². The van der Waals surface area contributed by atoms with E-state index in [1.807, 2.05) is 0 Å². The zero-order chi connectivity index (χ0) is 8.97. The summed E-state index contributed by atoms with van der Waals surface area (Å²) in [6.45, 7) is 5.27. The van der Waals surface area contributed by atoms with Crippen LogP contribution in [0.15, 0.2) is 0 Å². The molecule has 0 amide bonds. The molecule has 0 spiro atoms. The fraction of sp³-hybridized carbons (Fsp3) is 0.750. The molecule has 0 aliphatic carbocycles. The van der Waals surface area contributed by atoms with E-state index in [9.17, 15) is 0 Å². The quantitative estimate of drug-likeness (QED) is 0.730. The molecular weight excluding hydrogens is 170 g/mol. The summed E-state index contributed by atoms with van der Waals surface area (Å²) >= 11 is 5.10. The van der Waals surface area contributed by atoms with Crippen molar-refractivity contribution >= 4 is 12.2 Å². The highest BCUT2D eigenvalue weighted by Crippen LogP contribution is 2.02. The summed E-state index contributed by atoms with van der Waals surface area (Å²) < 4.78 is 2.83. The number of H-pyrrole nitrogens is 1. The number of aryl methyl sites for hydroxylation is 1. The van der Waals surface area contributed by atoms with Crippen LogP contribution >= 0.6 is 12.2 Å². The fourth-order valence-corrected chi connectivity index (χ4v) is 1.46. The van der Waals surface area contributed by atoms with E-state index in [1.165, 1.54) is 0 Å². The Hall–Kier alpha value is -0.640. The maximum absolute atomic E-state index is 5.10. The Morgan fingerprint density at radius 1 is 1.42 bits per heavy atom. The second kappa shape index (κ2) is 4.40. The molecular formula is C8H15N3S. The summed E-state index contributed by atoms with van der Waals surface area (Å²) in [5.74, 6) is 1.09. The van der Waals surface area contributed by atoms with Crippen LogP contribution in [0.5, 0.6) is 0 Å². The summed E-state index contributed by atoms with van der Waals surface area (Å²) in [4.78, 5) is 0. The minimum atomic E-state index is 0.750. The topological polar surface area (TPSA) is 33.6 Å². The summed E-state index contributed by atoms with van der Waals surface area (Å²) in [7, 11) is 0. The number of hydrogen-bond acceptors (Lipinski definition) is 2. The molecule has 0 aromatic carbocycles. The Labute approximate surface area is 77.8 Å². The summed E-state index contributed by atoms with van der Waals surface area (Å²) in [6, 6.07) is 0. The maximum atomic E-state index is 5.10. The minimum absolute atomic E-state index is 0.750. The van der Waals surface area contributed by atoms with Crippen LogP contribution in [0.3, 0.4) is 0 Å². The van der Waals surface area contributed by atoms with Gasteiger partial charge in [0.2, 0.25) is 0 Å². The lowest BCUT2D eigenvalue weighted by Gasteiger charge is -2.02. The number of nitrogens with one attached hydrogen (secondary N) is 1. The molecule has 0 radical (unpaired) electrons. The third-order valence-corrected chi connectivity index (χ3v) is 2.07. The standard InChI is InChI=1S/C8H15N3S/c1-3-5-7-9-10-8(12)11(7)6-4-2/h3-6H2,1-2H3,(H,10,12). The van der Waals surface area contributed by atoms with Gasteiger partial charge in [0.25, 0.3) is 0 Å². The van der Waals surface area contributed by atoms with Crippen molar-refractivity contribution in [2.24, 2.45) is 0 Å². The third-order valence-electron chi connectivity index (χ3n) is 1.76. The van der Waals surface area contributed by atoms with E-state index in [2.05, 4.69) is 28.6 Å². The largest absolute Gasteiger partial charge is 0.304 e. The maximum Gasteiger partial charge on any atom is 0.195 e. The lowest BCUT2D eigenvalue weighted by Crippen LogP contribution is -2.03. The van der Waals surface area contributed by atoms with Gasteiger partial charge in [-0.05, 0) is 25.1 Å². The second-order valence-electron chi connectivity index (χ2n) is 2.85. The van der Waals surface area contributed by atoms with Crippen LogP contribution in [0.4, 0.5) is 0 Å². The molecule has 1 N–H and O–H groups in total. The van der Waals surface area contributed by atoms with E-state index in [1.54, 1.807) is 0 Å². The Morgan fingerprint density at radius 2 is 2.17 bits per heavy atom. The Bertz CT molecular complexity index is 287. The van der Waals surface area contributed by atoms with Crippen molar-refractivity contribution < 1.29 is 0 Å². The average molecular weight is 185 g/mol.